The molecule has 1 aliphatic rings. The van der Waals surface area contributed by atoms with Crippen LogP contribution in [0.3, 0.4) is 0 Å². The van der Waals surface area contributed by atoms with Gasteiger partial charge >= 0.3 is 0 Å². The number of fused-ring (bicyclic) bond motifs is 1. The summed E-state index contributed by atoms with van der Waals surface area (Å²) in [6, 6.07) is 17.8. The third kappa shape index (κ3) is 5.10. The van der Waals surface area contributed by atoms with E-state index >= 15 is 0 Å². The van der Waals surface area contributed by atoms with E-state index in [-0.39, 0.29) is 28.9 Å². The summed E-state index contributed by atoms with van der Waals surface area (Å²) in [7, 11) is 0. The minimum absolute atomic E-state index is 0.0766. The summed E-state index contributed by atoms with van der Waals surface area (Å²) >= 11 is 0. The highest BCUT2D eigenvalue weighted by Gasteiger charge is 2.25. The van der Waals surface area contributed by atoms with Crippen molar-refractivity contribution in [2.24, 2.45) is 0 Å². The fourth-order valence-electron chi connectivity index (χ4n) is 4.95. The maximum atomic E-state index is 13.4. The number of piperidine rings is 1. The molecule has 0 spiro atoms. The maximum absolute atomic E-state index is 13.4. The highest BCUT2D eigenvalue weighted by atomic mass is 19.1. The third-order valence-electron chi connectivity index (χ3n) is 6.83. The zero-order valence-corrected chi connectivity index (χ0v) is 19.7. The van der Waals surface area contributed by atoms with Gasteiger partial charge in [0.2, 0.25) is 0 Å². The normalized spacial score (nSPS) is 15.8. The van der Waals surface area contributed by atoms with Gasteiger partial charge in [-0.2, -0.15) is 5.10 Å². The Morgan fingerprint density at radius 3 is 2.25 bits per heavy atom. The number of hydrogen-bond acceptors (Lipinski definition) is 6. The summed E-state index contributed by atoms with van der Waals surface area (Å²) in [5, 5.41) is 36.2. The van der Waals surface area contributed by atoms with Gasteiger partial charge in [0.25, 0.3) is 5.56 Å². The van der Waals surface area contributed by atoms with E-state index in [1.54, 1.807) is 16.8 Å². The molecule has 1 fully saturated rings. The molecule has 0 saturated carbocycles. The standard InChI is InChI=1S/C28H28FN3O4/c29-20-7-5-18(6-8-20)13-26-24-3-1-2-4-25(24)28(36)32(30-26)21-9-11-31(12-10-21)17-27(35)19-14-22(33)16-23(34)15-19/h1-8,14-16,21,27,33-35H,9-13,17H2. The molecule has 0 radical (unpaired) electrons. The number of aromatic hydroxyl groups is 2. The van der Waals surface area contributed by atoms with Crippen molar-refractivity contribution < 1.29 is 19.7 Å². The lowest BCUT2D eigenvalue weighted by Gasteiger charge is -2.33. The number of phenols is 2. The van der Waals surface area contributed by atoms with Crippen LogP contribution in [-0.2, 0) is 6.42 Å². The molecule has 1 saturated heterocycles. The molecule has 36 heavy (non-hydrogen) atoms. The quantitative estimate of drug-likeness (QED) is 0.380. The van der Waals surface area contributed by atoms with Crippen molar-refractivity contribution in [3.8, 4) is 11.5 Å². The fraction of sp³-hybridized carbons (Fsp3) is 0.286. The summed E-state index contributed by atoms with van der Waals surface area (Å²) in [5.41, 5.74) is 2.02. The summed E-state index contributed by atoms with van der Waals surface area (Å²) in [4.78, 5) is 15.4. The minimum Gasteiger partial charge on any atom is -0.508 e. The molecule has 186 valence electrons. The van der Waals surface area contributed by atoms with Gasteiger partial charge in [-0.1, -0.05) is 30.3 Å². The molecular formula is C28H28FN3O4. The second-order valence-electron chi connectivity index (χ2n) is 9.38. The van der Waals surface area contributed by atoms with Gasteiger partial charge in [0, 0.05) is 37.5 Å². The predicted molar refractivity (Wildman–Crippen MR) is 135 cm³/mol. The Labute approximate surface area is 207 Å². The summed E-state index contributed by atoms with van der Waals surface area (Å²) < 4.78 is 15.0. The Kier molecular flexibility index (Phi) is 6.71. The zero-order valence-electron chi connectivity index (χ0n) is 19.7. The second-order valence-corrected chi connectivity index (χ2v) is 9.38. The molecule has 2 heterocycles. The molecule has 0 amide bonds. The average molecular weight is 490 g/mol. The van der Waals surface area contributed by atoms with Gasteiger partial charge in [-0.3, -0.25) is 4.79 Å². The molecule has 5 rings (SSSR count). The van der Waals surface area contributed by atoms with Crippen molar-refractivity contribution in [3.05, 3.63) is 99.7 Å². The van der Waals surface area contributed by atoms with E-state index in [1.165, 1.54) is 30.3 Å². The number of aromatic nitrogens is 2. The van der Waals surface area contributed by atoms with Crippen LogP contribution >= 0.6 is 0 Å². The average Bonchev–Trinajstić information content (AvgIpc) is 2.87. The number of halogens is 1. The molecule has 8 heteroatoms. The minimum atomic E-state index is -0.858. The van der Waals surface area contributed by atoms with Gasteiger partial charge in [-0.05, 0) is 54.3 Å². The number of phenolic OH excluding ortho intramolecular Hbond substituents is 2. The molecule has 1 aromatic heterocycles. The lowest BCUT2D eigenvalue weighted by atomic mass is 10.0. The Balaban J connectivity index is 1.34. The van der Waals surface area contributed by atoms with Crippen molar-refractivity contribution in [1.29, 1.82) is 0 Å². The van der Waals surface area contributed by atoms with Gasteiger partial charge in [-0.25, -0.2) is 9.07 Å². The Morgan fingerprint density at radius 2 is 1.58 bits per heavy atom. The Morgan fingerprint density at radius 1 is 0.944 bits per heavy atom. The summed E-state index contributed by atoms with van der Waals surface area (Å²) in [5.74, 6) is -0.485. The number of benzene rings is 3. The van der Waals surface area contributed by atoms with Crippen LogP contribution in [0.15, 0.2) is 71.5 Å². The number of aliphatic hydroxyl groups is 1. The number of nitrogens with zero attached hydrogens (tertiary/aromatic N) is 3. The van der Waals surface area contributed by atoms with E-state index in [0.29, 0.717) is 49.8 Å². The van der Waals surface area contributed by atoms with Crippen molar-refractivity contribution in [2.75, 3.05) is 19.6 Å². The van der Waals surface area contributed by atoms with Crippen LogP contribution in [0.4, 0.5) is 4.39 Å². The third-order valence-corrected chi connectivity index (χ3v) is 6.83. The highest BCUT2D eigenvalue weighted by Crippen LogP contribution is 2.28. The topological polar surface area (TPSA) is 98.8 Å². The molecule has 4 aromatic rings. The molecule has 0 aliphatic carbocycles. The van der Waals surface area contributed by atoms with E-state index < -0.39 is 6.10 Å². The molecule has 1 aliphatic heterocycles. The molecule has 3 N–H and O–H groups in total. The summed E-state index contributed by atoms with van der Waals surface area (Å²) in [6.07, 6.45) is 1.02. The number of likely N-dealkylation sites (tertiary alicyclic amines) is 1. The van der Waals surface area contributed by atoms with Crippen molar-refractivity contribution in [2.45, 2.75) is 31.4 Å². The molecule has 3 aromatic carbocycles. The summed E-state index contributed by atoms with van der Waals surface area (Å²) in [6.45, 7) is 1.69. The van der Waals surface area contributed by atoms with Crippen molar-refractivity contribution >= 4 is 10.8 Å². The van der Waals surface area contributed by atoms with Crippen LogP contribution in [0.5, 0.6) is 11.5 Å². The van der Waals surface area contributed by atoms with Crippen LogP contribution in [-0.4, -0.2) is 49.6 Å². The van der Waals surface area contributed by atoms with Gasteiger partial charge in [0.05, 0.1) is 23.2 Å². The van der Waals surface area contributed by atoms with Crippen LogP contribution in [0.2, 0.25) is 0 Å². The molecule has 1 unspecified atom stereocenters. The van der Waals surface area contributed by atoms with Gasteiger partial charge in [0.1, 0.15) is 17.3 Å². The SMILES string of the molecule is O=c1c2ccccc2c(Cc2ccc(F)cc2)nn1C1CCN(CC(O)c2cc(O)cc(O)c2)CC1. The highest BCUT2D eigenvalue weighted by molar-refractivity contribution is 5.83. The van der Waals surface area contributed by atoms with Gasteiger partial charge < -0.3 is 20.2 Å². The van der Waals surface area contributed by atoms with E-state index in [1.807, 2.05) is 24.3 Å². The first kappa shape index (κ1) is 24.0. The Hall–Kier alpha value is -3.75. The Bertz CT molecular complexity index is 1410. The first-order chi connectivity index (χ1) is 17.4. The van der Waals surface area contributed by atoms with Gasteiger partial charge in [0.15, 0.2) is 0 Å². The zero-order chi connectivity index (χ0) is 25.2. The van der Waals surface area contributed by atoms with Crippen LogP contribution in [0.1, 0.15) is 41.8 Å². The van der Waals surface area contributed by atoms with Crippen molar-refractivity contribution in [1.82, 2.24) is 14.7 Å². The van der Waals surface area contributed by atoms with Crippen molar-refractivity contribution in [3.63, 3.8) is 0 Å². The molecule has 0 bridgehead atoms. The largest absolute Gasteiger partial charge is 0.508 e. The number of hydrogen-bond donors (Lipinski definition) is 3. The van der Waals surface area contributed by atoms with Crippen LogP contribution in [0, 0.1) is 5.82 Å². The molecule has 7 nitrogen and oxygen atoms in total. The van der Waals surface area contributed by atoms with E-state index in [0.717, 1.165) is 16.6 Å². The number of rotatable bonds is 6. The molecule has 1 atom stereocenters. The number of β-amino-alcohol motifs (C(OH)–C–C–N with tert-alkyl or cyclic N) is 1. The van der Waals surface area contributed by atoms with Crippen LogP contribution in [0.25, 0.3) is 10.8 Å². The van der Waals surface area contributed by atoms with Gasteiger partial charge in [-0.15, -0.1) is 0 Å². The maximum Gasteiger partial charge on any atom is 0.274 e. The van der Waals surface area contributed by atoms with E-state index in [9.17, 15) is 24.5 Å². The monoisotopic (exact) mass is 489 g/mol. The van der Waals surface area contributed by atoms with E-state index in [2.05, 4.69) is 4.90 Å². The first-order valence-electron chi connectivity index (χ1n) is 12.1. The lowest BCUT2D eigenvalue weighted by Crippen LogP contribution is -2.40. The predicted octanol–water partition coefficient (Wildman–Crippen LogP) is 3.91. The fourth-order valence-corrected chi connectivity index (χ4v) is 4.95. The van der Waals surface area contributed by atoms with Crippen LogP contribution < -0.4 is 5.56 Å². The lowest BCUT2D eigenvalue weighted by molar-refractivity contribution is 0.0880. The second kappa shape index (κ2) is 10.1. The molecular weight excluding hydrogens is 461 g/mol. The first-order valence-corrected chi connectivity index (χ1v) is 12.1. The van der Waals surface area contributed by atoms with E-state index in [4.69, 9.17) is 5.10 Å². The smallest absolute Gasteiger partial charge is 0.274 e. The number of aliphatic hydroxyl groups excluding tert-OH is 1.